The number of aromatic nitrogens is 1. The van der Waals surface area contributed by atoms with Crippen LogP contribution in [0, 0.1) is 5.82 Å². The Morgan fingerprint density at radius 1 is 1.05 bits per heavy atom. The number of anilines is 1. The standard InChI is InChI=1S/C27H25F3N6O3S/c1-26(2,3)19-9-6-14(11-20(19)28)40(37)36-21-13-23-22(38-27(29,30)39-23)12-18(21)15-7-8-17(25(34-31)35-32)24-16(15)5-4-10-33-24/h4-13,36H,31-32H2,1-3H3,(H,34,35). The molecule has 1 aromatic heterocycles. The number of nitrogens with zero attached hydrogens (tertiary/aromatic N) is 2. The number of halogens is 3. The normalized spacial score (nSPS) is 15.2. The molecule has 0 fully saturated rings. The SMILES string of the molecule is CC(C)(C)c1ccc(S(=O)Nc2cc3c(cc2-c2ccc(/C(=N/N)NN)c4ncccc24)OC(F)(F)O3)cc1F. The molecule has 40 heavy (non-hydrogen) atoms. The molecule has 3 aromatic carbocycles. The van der Waals surface area contributed by atoms with E-state index in [1.54, 1.807) is 42.6 Å². The molecule has 1 aliphatic rings. The average molecular weight is 571 g/mol. The number of nitrogens with two attached hydrogens (primary N) is 2. The van der Waals surface area contributed by atoms with E-state index < -0.39 is 28.5 Å². The summed E-state index contributed by atoms with van der Waals surface area (Å²) in [7, 11) is -1.98. The number of benzene rings is 3. The molecule has 9 nitrogen and oxygen atoms in total. The maximum absolute atomic E-state index is 14.9. The third-order valence-electron chi connectivity index (χ3n) is 6.29. The van der Waals surface area contributed by atoms with Crippen LogP contribution in [0.5, 0.6) is 11.5 Å². The monoisotopic (exact) mass is 570 g/mol. The summed E-state index contributed by atoms with van der Waals surface area (Å²) in [6.45, 7) is 5.60. The smallest absolute Gasteiger partial charge is 0.395 e. The molecule has 0 radical (unpaired) electrons. The fourth-order valence-corrected chi connectivity index (χ4v) is 5.35. The number of fused-ring (bicyclic) bond motifs is 2. The number of pyridine rings is 1. The van der Waals surface area contributed by atoms with Crippen LogP contribution in [0.1, 0.15) is 31.9 Å². The Bertz CT molecular complexity index is 1690. The van der Waals surface area contributed by atoms with Crippen LogP contribution in [-0.2, 0) is 16.4 Å². The summed E-state index contributed by atoms with van der Waals surface area (Å²) >= 11 is 0. The highest BCUT2D eigenvalue weighted by Crippen LogP contribution is 2.47. The molecule has 13 heteroatoms. The van der Waals surface area contributed by atoms with Gasteiger partial charge in [-0.05, 0) is 46.9 Å². The Morgan fingerprint density at radius 3 is 2.42 bits per heavy atom. The van der Waals surface area contributed by atoms with Gasteiger partial charge in [-0.2, -0.15) is 5.10 Å². The van der Waals surface area contributed by atoms with Gasteiger partial charge in [0.2, 0.25) is 0 Å². The lowest BCUT2D eigenvalue weighted by Gasteiger charge is -2.20. The lowest BCUT2D eigenvalue weighted by Crippen LogP contribution is -2.32. The maximum atomic E-state index is 14.9. The van der Waals surface area contributed by atoms with Gasteiger partial charge in [0.15, 0.2) is 17.3 Å². The number of hydrazine groups is 1. The minimum absolute atomic E-state index is 0.152. The lowest BCUT2D eigenvalue weighted by atomic mass is 9.87. The number of alkyl halides is 2. The van der Waals surface area contributed by atoms with E-state index >= 15 is 0 Å². The molecule has 5 rings (SSSR count). The van der Waals surface area contributed by atoms with Crippen molar-refractivity contribution in [2.75, 3.05) is 4.72 Å². The first-order valence-corrected chi connectivity index (χ1v) is 13.1. The van der Waals surface area contributed by atoms with E-state index in [4.69, 9.17) is 11.7 Å². The van der Waals surface area contributed by atoms with Crippen LogP contribution in [-0.4, -0.2) is 21.3 Å². The molecule has 6 N–H and O–H groups in total. The summed E-state index contributed by atoms with van der Waals surface area (Å²) in [5.74, 6) is 10.2. The topological polar surface area (TPSA) is 137 Å². The van der Waals surface area contributed by atoms with Gasteiger partial charge >= 0.3 is 6.29 Å². The minimum Gasteiger partial charge on any atom is -0.395 e. The van der Waals surface area contributed by atoms with Gasteiger partial charge < -0.3 is 25.5 Å². The molecule has 0 amide bonds. The largest absolute Gasteiger partial charge is 0.586 e. The summed E-state index contributed by atoms with van der Waals surface area (Å²) in [5, 5.41) is 4.23. The zero-order valence-electron chi connectivity index (χ0n) is 21.6. The van der Waals surface area contributed by atoms with E-state index in [1.165, 1.54) is 18.2 Å². The van der Waals surface area contributed by atoms with E-state index in [1.807, 2.05) is 20.8 Å². The fraction of sp³-hybridized carbons (Fsp3) is 0.185. The molecule has 1 aliphatic heterocycles. The van der Waals surface area contributed by atoms with E-state index in [9.17, 15) is 17.4 Å². The van der Waals surface area contributed by atoms with Crippen LogP contribution < -0.4 is 31.3 Å². The van der Waals surface area contributed by atoms with Crippen molar-refractivity contribution < 1.29 is 26.9 Å². The zero-order chi connectivity index (χ0) is 28.8. The van der Waals surface area contributed by atoms with Crippen LogP contribution in [0.2, 0.25) is 0 Å². The minimum atomic E-state index is -3.88. The van der Waals surface area contributed by atoms with Gasteiger partial charge in [0.05, 0.1) is 16.1 Å². The molecular formula is C27H25F3N6O3S. The van der Waals surface area contributed by atoms with Crippen molar-refractivity contribution in [1.29, 1.82) is 0 Å². The Balaban J connectivity index is 1.64. The van der Waals surface area contributed by atoms with Crippen molar-refractivity contribution in [2.24, 2.45) is 16.8 Å². The van der Waals surface area contributed by atoms with Crippen LogP contribution in [0.15, 0.2) is 70.8 Å². The van der Waals surface area contributed by atoms with Gasteiger partial charge in [0.25, 0.3) is 0 Å². The lowest BCUT2D eigenvalue weighted by molar-refractivity contribution is -0.286. The van der Waals surface area contributed by atoms with Crippen molar-refractivity contribution in [1.82, 2.24) is 10.4 Å². The fourth-order valence-electron chi connectivity index (χ4n) is 4.46. The highest BCUT2D eigenvalue weighted by atomic mass is 32.2. The first kappa shape index (κ1) is 27.2. The number of nitrogens with one attached hydrogen (secondary N) is 2. The van der Waals surface area contributed by atoms with Crippen molar-refractivity contribution in [3.05, 3.63) is 77.7 Å². The quantitative estimate of drug-likeness (QED) is 0.116. The number of rotatable bonds is 5. The van der Waals surface area contributed by atoms with Crippen molar-refractivity contribution in [3.63, 3.8) is 0 Å². The number of hydrogen-bond donors (Lipinski definition) is 4. The number of hydrazone groups is 1. The Labute approximate surface area is 229 Å². The van der Waals surface area contributed by atoms with Gasteiger partial charge in [-0.15, -0.1) is 8.78 Å². The van der Waals surface area contributed by atoms with Gasteiger partial charge in [-0.3, -0.25) is 4.98 Å². The molecule has 0 bridgehead atoms. The Morgan fingerprint density at radius 2 is 1.77 bits per heavy atom. The molecule has 0 spiro atoms. The third-order valence-corrected chi connectivity index (χ3v) is 7.37. The average Bonchev–Trinajstić information content (AvgIpc) is 3.20. The van der Waals surface area contributed by atoms with E-state index in [0.29, 0.717) is 33.2 Å². The van der Waals surface area contributed by atoms with Gasteiger partial charge in [0.1, 0.15) is 16.8 Å². The van der Waals surface area contributed by atoms with E-state index in [2.05, 4.69) is 29.7 Å². The molecule has 0 saturated carbocycles. The third kappa shape index (κ3) is 5.00. The highest BCUT2D eigenvalue weighted by molar-refractivity contribution is 7.86. The number of amidine groups is 1. The molecule has 4 aromatic rings. The Hall–Kier alpha value is -4.36. The second-order valence-electron chi connectivity index (χ2n) is 9.96. The second-order valence-corrected chi connectivity index (χ2v) is 11.2. The summed E-state index contributed by atoms with van der Waals surface area (Å²) < 4.78 is 68.3. The molecule has 0 aliphatic carbocycles. The van der Waals surface area contributed by atoms with Crippen LogP contribution in [0.3, 0.4) is 0 Å². The first-order valence-electron chi connectivity index (χ1n) is 12.0. The Kier molecular flexibility index (Phi) is 6.80. The summed E-state index contributed by atoms with van der Waals surface area (Å²) in [6, 6.07) is 13.7. The number of ether oxygens (including phenoxy) is 2. The maximum Gasteiger partial charge on any atom is 0.586 e. The van der Waals surface area contributed by atoms with Crippen LogP contribution >= 0.6 is 0 Å². The van der Waals surface area contributed by atoms with Crippen molar-refractivity contribution in [3.8, 4) is 22.6 Å². The van der Waals surface area contributed by atoms with Gasteiger partial charge in [-0.25, -0.2) is 14.4 Å². The van der Waals surface area contributed by atoms with Crippen LogP contribution in [0.25, 0.3) is 22.0 Å². The summed E-state index contributed by atoms with van der Waals surface area (Å²) in [5.41, 5.74) is 4.41. The van der Waals surface area contributed by atoms with Gasteiger partial charge in [0, 0.05) is 28.8 Å². The molecule has 1 unspecified atom stereocenters. The molecule has 2 heterocycles. The first-order chi connectivity index (χ1) is 18.9. The molecule has 1 atom stereocenters. The summed E-state index contributed by atoms with van der Waals surface area (Å²) in [4.78, 5) is 4.58. The highest BCUT2D eigenvalue weighted by Gasteiger charge is 2.44. The van der Waals surface area contributed by atoms with Crippen molar-refractivity contribution in [2.45, 2.75) is 37.4 Å². The molecular weight excluding hydrogens is 545 g/mol. The summed E-state index contributed by atoms with van der Waals surface area (Å²) in [6.07, 6.45) is -2.32. The predicted molar refractivity (Wildman–Crippen MR) is 147 cm³/mol. The molecule has 0 saturated heterocycles. The van der Waals surface area contributed by atoms with Gasteiger partial charge in [-0.1, -0.05) is 39.0 Å². The molecule has 208 valence electrons. The predicted octanol–water partition coefficient (Wildman–Crippen LogP) is 4.88. The van der Waals surface area contributed by atoms with E-state index in [0.717, 1.165) is 0 Å². The second kappa shape index (κ2) is 9.99. The van der Waals surface area contributed by atoms with Crippen LogP contribution in [0.4, 0.5) is 18.9 Å². The zero-order valence-corrected chi connectivity index (χ0v) is 22.4. The van der Waals surface area contributed by atoms with E-state index in [-0.39, 0.29) is 27.9 Å². The number of hydrogen-bond acceptors (Lipinski definition) is 7. The van der Waals surface area contributed by atoms with Crippen molar-refractivity contribution >= 4 is 33.4 Å².